The second-order valence-electron chi connectivity index (χ2n) is 9.58. The van der Waals surface area contributed by atoms with E-state index in [1.54, 1.807) is 43.5 Å². The number of benzene rings is 2. The van der Waals surface area contributed by atoms with Crippen molar-refractivity contribution in [3.8, 4) is 35.1 Å². The lowest BCUT2D eigenvalue weighted by Crippen LogP contribution is -2.38. The van der Waals surface area contributed by atoms with Crippen LogP contribution in [0.5, 0.6) is 23.0 Å². The van der Waals surface area contributed by atoms with Crippen LogP contribution in [-0.4, -0.2) is 31.0 Å². The number of nitrogens with two attached hydrogens (primary N) is 1. The molecule has 0 aliphatic carbocycles. The number of ether oxygens (including phenoxy) is 4. The van der Waals surface area contributed by atoms with Crippen molar-refractivity contribution in [2.75, 3.05) is 14.2 Å². The van der Waals surface area contributed by atoms with E-state index in [9.17, 15) is 15.3 Å². The maximum Gasteiger partial charge on any atom is 0.274 e. The van der Waals surface area contributed by atoms with Gasteiger partial charge in [0.05, 0.1) is 60.2 Å². The van der Waals surface area contributed by atoms with Gasteiger partial charge in [-0.15, -0.1) is 11.3 Å². The molecule has 0 radical (unpaired) electrons. The molecule has 9 nitrogen and oxygen atoms in total. The number of hydrogen-bond acceptors (Lipinski definition) is 9. The van der Waals surface area contributed by atoms with Crippen LogP contribution >= 0.6 is 11.3 Å². The molecular formula is C30H30N4O5S. The van der Waals surface area contributed by atoms with Crippen LogP contribution in [-0.2, 0) is 0 Å². The number of hydrogen-bond donors (Lipinski definition) is 1. The summed E-state index contributed by atoms with van der Waals surface area (Å²) in [6.07, 6.45) is 1.59. The van der Waals surface area contributed by atoms with Crippen LogP contribution in [0, 0.1) is 22.7 Å². The van der Waals surface area contributed by atoms with Crippen LogP contribution in [0.15, 0.2) is 46.8 Å². The molecule has 40 heavy (non-hydrogen) atoms. The molecule has 1 aliphatic heterocycles. The van der Waals surface area contributed by atoms with Crippen molar-refractivity contribution in [1.29, 1.82) is 10.5 Å². The molecular weight excluding hydrogens is 528 g/mol. The predicted molar refractivity (Wildman–Crippen MR) is 154 cm³/mol. The van der Waals surface area contributed by atoms with Crippen LogP contribution in [0.1, 0.15) is 44.7 Å². The molecule has 10 heteroatoms. The van der Waals surface area contributed by atoms with E-state index in [-0.39, 0.29) is 29.2 Å². The molecule has 206 valence electrons. The third kappa shape index (κ3) is 5.27. The summed E-state index contributed by atoms with van der Waals surface area (Å²) in [4.78, 5) is 13.5. The first-order valence-electron chi connectivity index (χ1n) is 12.6. The van der Waals surface area contributed by atoms with Crippen molar-refractivity contribution in [1.82, 2.24) is 4.57 Å². The highest BCUT2D eigenvalue weighted by Crippen LogP contribution is 2.39. The number of thiazole rings is 1. The van der Waals surface area contributed by atoms with Gasteiger partial charge in [-0.1, -0.05) is 12.1 Å². The summed E-state index contributed by atoms with van der Waals surface area (Å²) in [7, 11) is 3.07. The smallest absolute Gasteiger partial charge is 0.274 e. The van der Waals surface area contributed by atoms with E-state index in [0.29, 0.717) is 43.3 Å². The topological polar surface area (TPSA) is 133 Å². The summed E-state index contributed by atoms with van der Waals surface area (Å²) in [6.45, 7) is 7.65. The maximum atomic E-state index is 13.5. The van der Waals surface area contributed by atoms with Gasteiger partial charge in [-0.25, -0.2) is 0 Å². The normalized spacial score (nSPS) is 15.1. The SMILES string of the molecule is COc1cc(/C=c2/sc3n(c2=O)C(N)=C(C#N)[C@H](c2ccc(OC(C)C)c(OC)c2)C=3C#N)ccc1OC(C)C. The summed E-state index contributed by atoms with van der Waals surface area (Å²) in [5, 5.41) is 20.4. The third-order valence-corrected chi connectivity index (χ3v) is 7.23. The zero-order chi connectivity index (χ0) is 29.1. The Bertz CT molecular complexity index is 1750. The minimum Gasteiger partial charge on any atom is -0.493 e. The zero-order valence-electron chi connectivity index (χ0n) is 23.1. The van der Waals surface area contributed by atoms with E-state index in [4.69, 9.17) is 24.7 Å². The quantitative estimate of drug-likeness (QED) is 0.445. The molecule has 0 fully saturated rings. The summed E-state index contributed by atoms with van der Waals surface area (Å²) < 4.78 is 24.6. The minimum absolute atomic E-state index is 0.0119. The molecule has 0 bridgehead atoms. The summed E-state index contributed by atoms with van der Waals surface area (Å²) >= 11 is 1.14. The number of allylic oxidation sites excluding steroid dienone is 1. The van der Waals surface area contributed by atoms with Gasteiger partial charge in [-0.2, -0.15) is 10.5 Å². The predicted octanol–water partition coefficient (Wildman–Crippen LogP) is 3.45. The Morgan fingerprint density at radius 2 is 1.48 bits per heavy atom. The number of aromatic nitrogens is 1. The first-order valence-corrected chi connectivity index (χ1v) is 13.4. The average Bonchev–Trinajstić information content (AvgIpc) is 3.24. The highest BCUT2D eigenvalue weighted by molar-refractivity contribution is 7.07. The van der Waals surface area contributed by atoms with E-state index >= 15 is 0 Å². The summed E-state index contributed by atoms with van der Waals surface area (Å²) in [5.74, 6) is 1.32. The van der Waals surface area contributed by atoms with Crippen molar-refractivity contribution in [2.45, 2.75) is 45.8 Å². The van der Waals surface area contributed by atoms with Gasteiger partial charge in [-0.05, 0) is 69.2 Å². The number of rotatable bonds is 8. The lowest BCUT2D eigenvalue weighted by atomic mass is 9.84. The molecule has 2 heterocycles. The van der Waals surface area contributed by atoms with E-state index in [2.05, 4.69) is 12.1 Å². The lowest BCUT2D eigenvalue weighted by Gasteiger charge is -2.23. The first-order chi connectivity index (χ1) is 19.1. The van der Waals surface area contributed by atoms with E-state index in [0.717, 1.165) is 11.3 Å². The van der Waals surface area contributed by atoms with Crippen molar-refractivity contribution in [3.05, 3.63) is 72.6 Å². The van der Waals surface area contributed by atoms with E-state index in [1.165, 1.54) is 11.7 Å². The highest BCUT2D eigenvalue weighted by atomic mass is 32.1. The van der Waals surface area contributed by atoms with Gasteiger partial charge >= 0.3 is 0 Å². The Balaban J connectivity index is 1.92. The summed E-state index contributed by atoms with van der Waals surface area (Å²) in [6, 6.07) is 15.0. The monoisotopic (exact) mass is 558 g/mol. The van der Waals surface area contributed by atoms with E-state index in [1.807, 2.05) is 33.8 Å². The molecule has 0 saturated heterocycles. The molecule has 2 aromatic carbocycles. The standard InChI is InChI=1S/C30H30N4O5S/c1-16(2)38-22-9-7-18(11-24(22)36-5)12-26-29(35)34-28(33)20(14-31)27(21(15-32)30(34)40-26)19-8-10-23(39-17(3)4)25(13-19)37-6/h7-13,16-17,27H,33H2,1-6H3/b26-12+/t27-/m0/s1. The minimum atomic E-state index is -0.782. The van der Waals surface area contributed by atoms with Gasteiger partial charge in [0, 0.05) is 0 Å². The Morgan fingerprint density at radius 3 is 2.02 bits per heavy atom. The van der Waals surface area contributed by atoms with Crippen molar-refractivity contribution >= 4 is 28.8 Å². The lowest BCUT2D eigenvalue weighted by molar-refractivity contribution is 0.230. The fourth-order valence-corrected chi connectivity index (χ4v) is 5.60. The van der Waals surface area contributed by atoms with Crippen LogP contribution in [0.2, 0.25) is 0 Å². The molecule has 1 aromatic heterocycles. The highest BCUT2D eigenvalue weighted by Gasteiger charge is 2.32. The van der Waals surface area contributed by atoms with Crippen molar-refractivity contribution in [3.63, 3.8) is 0 Å². The Labute approximate surface area is 236 Å². The molecule has 4 rings (SSSR count). The molecule has 1 atom stereocenters. The molecule has 0 spiro atoms. The number of methoxy groups -OCH3 is 2. The van der Waals surface area contributed by atoms with Gasteiger partial charge in [0.15, 0.2) is 23.0 Å². The average molecular weight is 559 g/mol. The maximum absolute atomic E-state index is 13.5. The van der Waals surface area contributed by atoms with Gasteiger partial charge in [0.1, 0.15) is 10.5 Å². The van der Waals surface area contributed by atoms with E-state index < -0.39 is 11.5 Å². The van der Waals surface area contributed by atoms with Gasteiger partial charge in [0.2, 0.25) is 0 Å². The Kier molecular flexibility index (Phi) is 8.22. The van der Waals surface area contributed by atoms with Crippen LogP contribution in [0.25, 0.3) is 17.5 Å². The number of nitriles is 2. The van der Waals surface area contributed by atoms with Crippen molar-refractivity contribution < 1.29 is 18.9 Å². The number of fused-ring (bicyclic) bond motifs is 1. The van der Waals surface area contributed by atoms with Gasteiger partial charge < -0.3 is 24.7 Å². The van der Waals surface area contributed by atoms with Gasteiger partial charge in [-0.3, -0.25) is 9.36 Å². The second kappa shape index (κ2) is 11.6. The van der Waals surface area contributed by atoms with Crippen LogP contribution in [0.4, 0.5) is 0 Å². The Hall–Kier alpha value is -4.67. The van der Waals surface area contributed by atoms with Crippen molar-refractivity contribution in [2.24, 2.45) is 5.73 Å². The molecule has 2 N–H and O–H groups in total. The first kappa shape index (κ1) is 28.3. The third-order valence-electron chi connectivity index (χ3n) is 6.12. The fraction of sp³-hybridized carbons (Fsp3) is 0.300. The van der Waals surface area contributed by atoms with Gasteiger partial charge in [0.25, 0.3) is 5.56 Å². The molecule has 0 amide bonds. The molecule has 0 unspecified atom stereocenters. The van der Waals surface area contributed by atoms with Crippen LogP contribution < -0.4 is 39.4 Å². The second-order valence-corrected chi connectivity index (χ2v) is 10.6. The van der Waals surface area contributed by atoms with Crippen LogP contribution in [0.3, 0.4) is 0 Å². The zero-order valence-corrected chi connectivity index (χ0v) is 24.0. The molecule has 1 aliphatic rings. The number of nitrogens with zero attached hydrogens (tertiary/aromatic N) is 3. The molecule has 3 aromatic rings. The Morgan fingerprint density at radius 1 is 0.900 bits per heavy atom. The molecule has 0 saturated carbocycles. The summed E-state index contributed by atoms with van der Waals surface area (Å²) in [5.41, 5.74) is 7.67. The fourth-order valence-electron chi connectivity index (χ4n) is 4.48. The largest absolute Gasteiger partial charge is 0.493 e.